The van der Waals surface area contributed by atoms with Gasteiger partial charge in [0.25, 0.3) is 0 Å². The molecule has 0 spiro atoms. The van der Waals surface area contributed by atoms with Crippen LogP contribution in [0.15, 0.2) is 67.4 Å². The van der Waals surface area contributed by atoms with E-state index in [4.69, 9.17) is 11.6 Å². The van der Waals surface area contributed by atoms with Gasteiger partial charge in [0.1, 0.15) is 5.82 Å². The first-order valence-corrected chi connectivity index (χ1v) is 7.44. The highest BCUT2D eigenvalue weighted by atomic mass is 35.5. The van der Waals surface area contributed by atoms with E-state index >= 15 is 0 Å². The fourth-order valence-electron chi connectivity index (χ4n) is 2.95. The predicted octanol–water partition coefficient (Wildman–Crippen LogP) is 5.48. The highest BCUT2D eigenvalue weighted by Crippen LogP contribution is 2.35. The highest BCUT2D eigenvalue weighted by molar-refractivity contribution is 6.36. The summed E-state index contributed by atoms with van der Waals surface area (Å²) in [6.07, 6.45) is 3.61. The molecule has 2 aromatic carbocycles. The average molecular weight is 305 g/mol. The Morgan fingerprint density at radius 3 is 2.64 bits per heavy atom. The lowest BCUT2D eigenvalue weighted by Crippen LogP contribution is -2.00. The van der Waals surface area contributed by atoms with Gasteiger partial charge in [-0.2, -0.15) is 0 Å². The lowest BCUT2D eigenvalue weighted by molar-refractivity contribution is 1.07. The number of hydrogen-bond acceptors (Lipinski definition) is 1. The van der Waals surface area contributed by atoms with Crippen LogP contribution in [0.1, 0.15) is 5.56 Å². The van der Waals surface area contributed by atoms with Crippen LogP contribution in [0.3, 0.4) is 0 Å². The van der Waals surface area contributed by atoms with E-state index in [1.54, 1.807) is 6.20 Å². The van der Waals surface area contributed by atoms with Gasteiger partial charge >= 0.3 is 0 Å². The molecular formula is C19H13ClN2. The third-order valence-corrected chi connectivity index (χ3v) is 4.20. The Morgan fingerprint density at radius 1 is 0.955 bits per heavy atom. The first-order chi connectivity index (χ1) is 10.8. The maximum atomic E-state index is 6.50. The number of hydrogen-bond donors (Lipinski definition) is 0. The van der Waals surface area contributed by atoms with Crippen molar-refractivity contribution < 1.29 is 0 Å². The molecule has 2 nitrogen and oxygen atoms in total. The fourth-order valence-corrected chi connectivity index (χ4v) is 3.21. The van der Waals surface area contributed by atoms with Gasteiger partial charge in [-0.15, -0.1) is 0 Å². The van der Waals surface area contributed by atoms with Gasteiger partial charge in [-0.05, 0) is 24.3 Å². The summed E-state index contributed by atoms with van der Waals surface area (Å²) in [4.78, 5) is 4.57. The van der Waals surface area contributed by atoms with Gasteiger partial charge in [0.2, 0.25) is 0 Å². The molecule has 0 atom stereocenters. The predicted molar refractivity (Wildman–Crippen MR) is 93.7 cm³/mol. The molecule has 4 rings (SSSR count). The molecule has 2 heterocycles. The van der Waals surface area contributed by atoms with E-state index in [0.29, 0.717) is 0 Å². The van der Waals surface area contributed by atoms with Crippen molar-refractivity contribution in [2.75, 3.05) is 0 Å². The van der Waals surface area contributed by atoms with Gasteiger partial charge in [0.05, 0.1) is 16.1 Å². The molecule has 0 saturated heterocycles. The minimum absolute atomic E-state index is 0.717. The molecule has 0 fully saturated rings. The standard InChI is InChI=1S/C19H13ClN2/c1-2-13-7-6-12-21-19(13)22-17-11-4-3-8-14(17)15-9-5-10-16(20)18(15)22/h2-12H,1H2. The minimum Gasteiger partial charge on any atom is -0.292 e. The van der Waals surface area contributed by atoms with Gasteiger partial charge in [-0.25, -0.2) is 4.98 Å². The van der Waals surface area contributed by atoms with E-state index in [2.05, 4.69) is 34.3 Å². The Kier molecular flexibility index (Phi) is 2.98. The molecule has 0 aliphatic carbocycles. The van der Waals surface area contributed by atoms with Crippen LogP contribution in [0.25, 0.3) is 33.7 Å². The van der Waals surface area contributed by atoms with E-state index in [0.717, 1.165) is 32.8 Å². The molecule has 3 heteroatoms. The number of fused-ring (bicyclic) bond motifs is 3. The second kappa shape index (κ2) is 5.00. The summed E-state index contributed by atoms with van der Waals surface area (Å²) in [5.41, 5.74) is 3.05. The van der Waals surface area contributed by atoms with Crippen molar-refractivity contribution in [1.29, 1.82) is 0 Å². The molecule has 0 unspecified atom stereocenters. The number of rotatable bonds is 2. The van der Waals surface area contributed by atoms with Crippen molar-refractivity contribution in [2.45, 2.75) is 0 Å². The van der Waals surface area contributed by atoms with Crippen LogP contribution < -0.4 is 0 Å². The maximum absolute atomic E-state index is 6.50. The molecule has 0 aliphatic heterocycles. The topological polar surface area (TPSA) is 17.8 Å². The van der Waals surface area contributed by atoms with Crippen molar-refractivity contribution in [2.24, 2.45) is 0 Å². The second-order valence-corrected chi connectivity index (χ2v) is 5.52. The highest BCUT2D eigenvalue weighted by Gasteiger charge is 2.16. The zero-order chi connectivity index (χ0) is 15.1. The first-order valence-electron chi connectivity index (χ1n) is 7.07. The van der Waals surface area contributed by atoms with Crippen molar-refractivity contribution in [3.8, 4) is 5.82 Å². The molecule has 22 heavy (non-hydrogen) atoms. The summed E-state index contributed by atoms with van der Waals surface area (Å²) in [5, 5.41) is 3.01. The molecule has 106 valence electrons. The van der Waals surface area contributed by atoms with Crippen LogP contribution in [0.5, 0.6) is 0 Å². The van der Waals surface area contributed by atoms with Crippen molar-refractivity contribution in [3.63, 3.8) is 0 Å². The van der Waals surface area contributed by atoms with E-state index in [-0.39, 0.29) is 0 Å². The Bertz CT molecular complexity index is 1010. The third kappa shape index (κ3) is 1.78. The SMILES string of the molecule is C=Cc1cccnc1-n1c2ccccc2c2cccc(Cl)c21. The Labute approximate surface area is 133 Å². The Hall–Kier alpha value is -2.58. The number of halogens is 1. The average Bonchev–Trinajstić information content (AvgIpc) is 2.91. The van der Waals surface area contributed by atoms with Crippen LogP contribution in [-0.4, -0.2) is 9.55 Å². The number of para-hydroxylation sites is 2. The van der Waals surface area contributed by atoms with Crippen molar-refractivity contribution >= 4 is 39.5 Å². The summed E-state index contributed by atoms with van der Waals surface area (Å²) in [7, 11) is 0. The number of nitrogens with zero attached hydrogens (tertiary/aromatic N) is 2. The third-order valence-electron chi connectivity index (χ3n) is 3.89. The van der Waals surface area contributed by atoms with Crippen LogP contribution >= 0.6 is 11.6 Å². The lowest BCUT2D eigenvalue weighted by Gasteiger charge is -2.10. The summed E-state index contributed by atoms with van der Waals surface area (Å²) < 4.78 is 2.12. The van der Waals surface area contributed by atoms with Crippen LogP contribution in [-0.2, 0) is 0 Å². The zero-order valence-electron chi connectivity index (χ0n) is 11.8. The number of benzene rings is 2. The summed E-state index contributed by atoms with van der Waals surface area (Å²) in [6.45, 7) is 3.90. The summed E-state index contributed by atoms with van der Waals surface area (Å²) in [6, 6.07) is 18.2. The monoisotopic (exact) mass is 304 g/mol. The molecule has 0 aliphatic rings. The fraction of sp³-hybridized carbons (Fsp3) is 0. The molecule has 0 N–H and O–H groups in total. The molecular weight excluding hydrogens is 292 g/mol. The number of pyridine rings is 1. The van der Waals surface area contributed by atoms with E-state index in [1.807, 2.05) is 42.5 Å². The van der Waals surface area contributed by atoms with Gasteiger partial charge in [0, 0.05) is 22.5 Å². The maximum Gasteiger partial charge on any atom is 0.144 e. The van der Waals surface area contributed by atoms with Crippen LogP contribution in [0.2, 0.25) is 5.02 Å². The zero-order valence-corrected chi connectivity index (χ0v) is 12.6. The van der Waals surface area contributed by atoms with Crippen LogP contribution in [0, 0.1) is 0 Å². The molecule has 4 aromatic rings. The summed E-state index contributed by atoms with van der Waals surface area (Å²) in [5.74, 6) is 0.844. The minimum atomic E-state index is 0.717. The first kappa shape index (κ1) is 13.1. The molecule has 0 bridgehead atoms. The van der Waals surface area contributed by atoms with Crippen molar-refractivity contribution in [1.82, 2.24) is 9.55 Å². The Morgan fingerprint density at radius 2 is 1.77 bits per heavy atom. The quantitative estimate of drug-likeness (QED) is 0.480. The van der Waals surface area contributed by atoms with Crippen molar-refractivity contribution in [3.05, 3.63) is 78.0 Å². The van der Waals surface area contributed by atoms with Crippen LogP contribution in [0.4, 0.5) is 0 Å². The Balaban J connectivity index is 2.27. The summed E-state index contributed by atoms with van der Waals surface area (Å²) >= 11 is 6.50. The van der Waals surface area contributed by atoms with Gasteiger partial charge in [-0.1, -0.05) is 54.6 Å². The van der Waals surface area contributed by atoms with E-state index in [1.165, 1.54) is 5.39 Å². The van der Waals surface area contributed by atoms with Gasteiger partial charge in [0.15, 0.2) is 0 Å². The molecule has 0 radical (unpaired) electrons. The second-order valence-electron chi connectivity index (χ2n) is 5.11. The molecule has 0 amide bonds. The largest absolute Gasteiger partial charge is 0.292 e. The number of aromatic nitrogens is 2. The smallest absolute Gasteiger partial charge is 0.144 e. The van der Waals surface area contributed by atoms with E-state index in [9.17, 15) is 0 Å². The normalized spacial score (nSPS) is 11.1. The van der Waals surface area contributed by atoms with Gasteiger partial charge in [-0.3, -0.25) is 4.57 Å². The van der Waals surface area contributed by atoms with Gasteiger partial charge < -0.3 is 0 Å². The van der Waals surface area contributed by atoms with E-state index < -0.39 is 0 Å². The molecule has 0 saturated carbocycles. The molecule has 2 aromatic heterocycles. The lowest BCUT2D eigenvalue weighted by atomic mass is 10.2.